The highest BCUT2D eigenvalue weighted by Crippen LogP contribution is 2.18. The SMILES string of the molecule is CC(C)C(Cl)CNC1CCCCC1. The van der Waals surface area contributed by atoms with E-state index in [0.29, 0.717) is 11.3 Å². The molecule has 1 fully saturated rings. The molecule has 1 aliphatic rings. The zero-order chi connectivity index (χ0) is 9.68. The van der Waals surface area contributed by atoms with Gasteiger partial charge in [0.25, 0.3) is 0 Å². The third-order valence-electron chi connectivity index (χ3n) is 2.93. The summed E-state index contributed by atoms with van der Waals surface area (Å²) in [5, 5.41) is 3.86. The Morgan fingerprint density at radius 2 is 1.85 bits per heavy atom. The van der Waals surface area contributed by atoms with Crippen LogP contribution in [0.15, 0.2) is 0 Å². The van der Waals surface area contributed by atoms with E-state index in [-0.39, 0.29) is 0 Å². The summed E-state index contributed by atoms with van der Waals surface area (Å²) < 4.78 is 0. The lowest BCUT2D eigenvalue weighted by Crippen LogP contribution is -2.36. The Balaban J connectivity index is 2.10. The van der Waals surface area contributed by atoms with Crippen LogP contribution in [0.1, 0.15) is 46.0 Å². The second-order valence-corrected chi connectivity index (χ2v) is 5.06. The van der Waals surface area contributed by atoms with Gasteiger partial charge in [-0.2, -0.15) is 0 Å². The summed E-state index contributed by atoms with van der Waals surface area (Å²) in [4.78, 5) is 0. The van der Waals surface area contributed by atoms with Crippen molar-refractivity contribution in [2.45, 2.75) is 57.4 Å². The fraction of sp³-hybridized carbons (Fsp3) is 1.00. The molecule has 0 bridgehead atoms. The number of rotatable bonds is 4. The van der Waals surface area contributed by atoms with Crippen LogP contribution in [0, 0.1) is 5.92 Å². The van der Waals surface area contributed by atoms with Gasteiger partial charge in [0.1, 0.15) is 0 Å². The monoisotopic (exact) mass is 203 g/mol. The second kappa shape index (κ2) is 5.87. The Bertz CT molecular complexity index is 130. The quantitative estimate of drug-likeness (QED) is 0.693. The molecule has 1 atom stereocenters. The normalized spacial score (nSPS) is 22.2. The molecule has 0 radical (unpaired) electrons. The topological polar surface area (TPSA) is 12.0 Å². The van der Waals surface area contributed by atoms with E-state index in [1.807, 2.05) is 0 Å². The van der Waals surface area contributed by atoms with E-state index >= 15 is 0 Å². The summed E-state index contributed by atoms with van der Waals surface area (Å²) in [6.45, 7) is 5.34. The lowest BCUT2D eigenvalue weighted by molar-refractivity contribution is 0.365. The van der Waals surface area contributed by atoms with Gasteiger partial charge in [-0.3, -0.25) is 0 Å². The highest BCUT2D eigenvalue weighted by molar-refractivity contribution is 6.20. The van der Waals surface area contributed by atoms with Gasteiger partial charge in [-0.05, 0) is 18.8 Å². The molecule has 1 rings (SSSR count). The van der Waals surface area contributed by atoms with Gasteiger partial charge >= 0.3 is 0 Å². The van der Waals surface area contributed by atoms with E-state index in [1.54, 1.807) is 0 Å². The van der Waals surface area contributed by atoms with Crippen molar-refractivity contribution in [2.75, 3.05) is 6.54 Å². The van der Waals surface area contributed by atoms with Crippen LogP contribution in [0.3, 0.4) is 0 Å². The van der Waals surface area contributed by atoms with Crippen LogP contribution < -0.4 is 5.32 Å². The minimum absolute atomic E-state index is 0.293. The average molecular weight is 204 g/mol. The standard InChI is InChI=1S/C11H22ClN/c1-9(2)11(12)8-13-10-6-4-3-5-7-10/h9-11,13H,3-8H2,1-2H3. The first-order valence-electron chi connectivity index (χ1n) is 5.57. The highest BCUT2D eigenvalue weighted by atomic mass is 35.5. The zero-order valence-electron chi connectivity index (χ0n) is 8.85. The smallest absolute Gasteiger partial charge is 0.0483 e. The first-order valence-corrected chi connectivity index (χ1v) is 6.01. The minimum Gasteiger partial charge on any atom is -0.313 e. The van der Waals surface area contributed by atoms with Crippen LogP contribution in [0.25, 0.3) is 0 Å². The van der Waals surface area contributed by atoms with Crippen molar-refractivity contribution in [2.24, 2.45) is 5.92 Å². The van der Waals surface area contributed by atoms with Crippen molar-refractivity contribution in [1.29, 1.82) is 0 Å². The van der Waals surface area contributed by atoms with Gasteiger partial charge in [-0.25, -0.2) is 0 Å². The van der Waals surface area contributed by atoms with Crippen molar-refractivity contribution >= 4 is 11.6 Å². The van der Waals surface area contributed by atoms with E-state index in [2.05, 4.69) is 19.2 Å². The first-order chi connectivity index (χ1) is 6.20. The van der Waals surface area contributed by atoms with Crippen molar-refractivity contribution < 1.29 is 0 Å². The largest absolute Gasteiger partial charge is 0.313 e. The van der Waals surface area contributed by atoms with Gasteiger partial charge in [-0.1, -0.05) is 33.1 Å². The Morgan fingerprint density at radius 1 is 1.23 bits per heavy atom. The first kappa shape index (κ1) is 11.3. The molecule has 0 aromatic rings. The number of hydrogen-bond donors (Lipinski definition) is 1. The van der Waals surface area contributed by atoms with Crippen LogP contribution in [0.4, 0.5) is 0 Å². The summed E-state index contributed by atoms with van der Waals surface area (Å²) in [6, 6.07) is 0.744. The van der Waals surface area contributed by atoms with E-state index in [9.17, 15) is 0 Å². The Hall–Kier alpha value is 0.250. The lowest BCUT2D eigenvalue weighted by Gasteiger charge is -2.25. The molecule has 2 heteroatoms. The van der Waals surface area contributed by atoms with E-state index in [0.717, 1.165) is 12.6 Å². The second-order valence-electron chi connectivity index (χ2n) is 4.50. The maximum Gasteiger partial charge on any atom is 0.0483 e. The van der Waals surface area contributed by atoms with Crippen LogP contribution in [0.5, 0.6) is 0 Å². The third kappa shape index (κ3) is 4.33. The van der Waals surface area contributed by atoms with E-state index in [1.165, 1.54) is 32.1 Å². The summed E-state index contributed by atoms with van der Waals surface area (Å²) in [6.07, 6.45) is 6.91. The number of alkyl halides is 1. The number of hydrogen-bond acceptors (Lipinski definition) is 1. The molecule has 0 aromatic carbocycles. The van der Waals surface area contributed by atoms with Gasteiger partial charge in [-0.15, -0.1) is 11.6 Å². The molecule has 13 heavy (non-hydrogen) atoms. The molecule has 0 aromatic heterocycles. The van der Waals surface area contributed by atoms with Crippen molar-refractivity contribution in [3.8, 4) is 0 Å². The predicted octanol–water partition coefficient (Wildman–Crippen LogP) is 3.17. The Kier molecular flexibility index (Phi) is 5.12. The third-order valence-corrected chi connectivity index (χ3v) is 3.59. The van der Waals surface area contributed by atoms with Gasteiger partial charge in [0, 0.05) is 18.0 Å². The summed E-state index contributed by atoms with van der Waals surface area (Å²) in [5.74, 6) is 0.581. The molecular weight excluding hydrogens is 182 g/mol. The molecule has 0 aliphatic heterocycles. The van der Waals surface area contributed by atoms with Crippen LogP contribution in [-0.4, -0.2) is 18.0 Å². The van der Waals surface area contributed by atoms with Gasteiger partial charge < -0.3 is 5.32 Å². The van der Waals surface area contributed by atoms with E-state index in [4.69, 9.17) is 11.6 Å². The summed E-state index contributed by atoms with van der Waals surface area (Å²) in [5.41, 5.74) is 0. The molecule has 0 spiro atoms. The molecular formula is C11H22ClN. The predicted molar refractivity (Wildman–Crippen MR) is 59.4 cm³/mol. The summed E-state index contributed by atoms with van der Waals surface area (Å²) >= 11 is 6.17. The lowest BCUT2D eigenvalue weighted by atomic mass is 9.95. The zero-order valence-corrected chi connectivity index (χ0v) is 9.61. The molecule has 1 saturated carbocycles. The maximum absolute atomic E-state index is 6.17. The van der Waals surface area contributed by atoms with Crippen LogP contribution in [0.2, 0.25) is 0 Å². The number of nitrogens with one attached hydrogen (secondary N) is 1. The molecule has 0 heterocycles. The van der Waals surface area contributed by atoms with Gasteiger partial charge in [0.2, 0.25) is 0 Å². The molecule has 1 aliphatic carbocycles. The minimum atomic E-state index is 0.293. The fourth-order valence-electron chi connectivity index (χ4n) is 1.82. The molecule has 0 saturated heterocycles. The van der Waals surface area contributed by atoms with Gasteiger partial charge in [0.05, 0.1) is 0 Å². The molecule has 0 amide bonds. The van der Waals surface area contributed by atoms with Crippen molar-refractivity contribution in [1.82, 2.24) is 5.32 Å². The van der Waals surface area contributed by atoms with Crippen molar-refractivity contribution in [3.05, 3.63) is 0 Å². The molecule has 78 valence electrons. The number of halogens is 1. The molecule has 1 nitrogen and oxygen atoms in total. The van der Waals surface area contributed by atoms with Gasteiger partial charge in [0.15, 0.2) is 0 Å². The van der Waals surface area contributed by atoms with Crippen LogP contribution >= 0.6 is 11.6 Å². The maximum atomic E-state index is 6.17. The van der Waals surface area contributed by atoms with Crippen molar-refractivity contribution in [3.63, 3.8) is 0 Å². The summed E-state index contributed by atoms with van der Waals surface area (Å²) in [7, 11) is 0. The Morgan fingerprint density at radius 3 is 2.38 bits per heavy atom. The molecule has 1 N–H and O–H groups in total. The Labute approximate surface area is 87.2 Å². The van der Waals surface area contributed by atoms with E-state index < -0.39 is 0 Å². The average Bonchev–Trinajstić information content (AvgIpc) is 2.15. The highest BCUT2D eigenvalue weighted by Gasteiger charge is 2.15. The van der Waals surface area contributed by atoms with Crippen LogP contribution in [-0.2, 0) is 0 Å². The fourth-order valence-corrected chi connectivity index (χ4v) is 1.91. The molecule has 1 unspecified atom stereocenters.